The summed E-state index contributed by atoms with van der Waals surface area (Å²) < 4.78 is 5.50. The van der Waals surface area contributed by atoms with Crippen LogP contribution in [0.15, 0.2) is 29.3 Å². The highest BCUT2D eigenvalue weighted by Gasteiger charge is 2.25. The van der Waals surface area contributed by atoms with Gasteiger partial charge in [-0.3, -0.25) is 4.99 Å². The predicted molar refractivity (Wildman–Crippen MR) is 115 cm³/mol. The normalized spacial score (nSPS) is 17.4. The van der Waals surface area contributed by atoms with Crippen LogP contribution in [0.5, 0.6) is 5.75 Å². The molecule has 1 fully saturated rings. The summed E-state index contributed by atoms with van der Waals surface area (Å²) in [5.41, 5.74) is 1.17. The molecule has 0 amide bonds. The number of unbranched alkanes of at least 4 members (excludes halogenated alkanes) is 1. The number of rotatable bonds is 10. The second-order valence-corrected chi connectivity index (χ2v) is 6.98. The third kappa shape index (κ3) is 6.61. The Balaban J connectivity index is 1.72. The molecule has 0 spiro atoms. The molecule has 1 heterocycles. The first kappa shape index (κ1) is 21.4. The lowest BCUT2D eigenvalue weighted by molar-refractivity contribution is 0.297. The Kier molecular flexibility index (Phi) is 9.25. The van der Waals surface area contributed by atoms with Crippen LogP contribution in [-0.2, 0) is 0 Å². The molecule has 2 rings (SSSR count). The maximum absolute atomic E-state index is 5.50. The molecule has 1 aliphatic rings. The average molecular weight is 376 g/mol. The third-order valence-electron chi connectivity index (χ3n) is 5.27. The lowest BCUT2D eigenvalue weighted by Gasteiger charge is -2.22. The zero-order valence-corrected chi connectivity index (χ0v) is 17.5. The van der Waals surface area contributed by atoms with Gasteiger partial charge in [-0.25, -0.2) is 0 Å². The molecule has 1 saturated heterocycles. The van der Waals surface area contributed by atoms with Gasteiger partial charge >= 0.3 is 0 Å². The van der Waals surface area contributed by atoms with E-state index in [1.54, 1.807) is 7.11 Å². The lowest BCUT2D eigenvalue weighted by Crippen LogP contribution is -2.45. The van der Waals surface area contributed by atoms with E-state index in [2.05, 4.69) is 51.4 Å². The van der Waals surface area contributed by atoms with E-state index in [0.717, 1.165) is 57.3 Å². The lowest BCUT2D eigenvalue weighted by atomic mass is 10.2. The quantitative estimate of drug-likeness (QED) is 0.374. The van der Waals surface area contributed by atoms with Gasteiger partial charge in [-0.15, -0.1) is 0 Å². The van der Waals surface area contributed by atoms with Gasteiger partial charge < -0.3 is 25.2 Å². The number of benzene rings is 1. The maximum Gasteiger partial charge on any atom is 0.191 e. The standard InChI is InChI=1S/C21H37N5O/c1-5-25(6-2)15-10-9-14-23-21(22-3)24-18-13-16-26(17-18)19-11-7-8-12-20(19)27-4/h7-8,11-12,18H,5-6,9-10,13-17H2,1-4H3,(H2,22,23,24). The van der Waals surface area contributed by atoms with Gasteiger partial charge in [0.25, 0.3) is 0 Å². The van der Waals surface area contributed by atoms with E-state index in [1.165, 1.54) is 18.7 Å². The van der Waals surface area contributed by atoms with Crippen molar-refractivity contribution in [2.45, 2.75) is 39.2 Å². The van der Waals surface area contributed by atoms with E-state index in [0.29, 0.717) is 6.04 Å². The Hall–Kier alpha value is -1.95. The average Bonchev–Trinajstić information content (AvgIpc) is 3.18. The topological polar surface area (TPSA) is 52.1 Å². The molecule has 6 heteroatoms. The van der Waals surface area contributed by atoms with Gasteiger partial charge in [0.1, 0.15) is 5.75 Å². The van der Waals surface area contributed by atoms with Crippen molar-refractivity contribution in [3.05, 3.63) is 24.3 Å². The van der Waals surface area contributed by atoms with Crippen LogP contribution in [0.4, 0.5) is 5.69 Å². The molecule has 1 aromatic rings. The summed E-state index contributed by atoms with van der Waals surface area (Å²) in [6.07, 6.45) is 3.48. The second-order valence-electron chi connectivity index (χ2n) is 6.98. The van der Waals surface area contributed by atoms with Crippen molar-refractivity contribution in [3.63, 3.8) is 0 Å². The van der Waals surface area contributed by atoms with Crippen LogP contribution in [0.1, 0.15) is 33.1 Å². The first-order valence-corrected chi connectivity index (χ1v) is 10.3. The highest BCUT2D eigenvalue weighted by Crippen LogP contribution is 2.30. The van der Waals surface area contributed by atoms with Gasteiger partial charge in [0.15, 0.2) is 5.96 Å². The minimum absolute atomic E-state index is 0.400. The van der Waals surface area contributed by atoms with Crippen molar-refractivity contribution in [1.29, 1.82) is 0 Å². The fourth-order valence-corrected chi connectivity index (χ4v) is 3.58. The molecular formula is C21H37N5O. The fourth-order valence-electron chi connectivity index (χ4n) is 3.58. The number of nitrogens with zero attached hydrogens (tertiary/aromatic N) is 3. The number of methoxy groups -OCH3 is 1. The van der Waals surface area contributed by atoms with Crippen LogP contribution in [0.25, 0.3) is 0 Å². The monoisotopic (exact) mass is 375 g/mol. The first-order chi connectivity index (χ1) is 13.2. The van der Waals surface area contributed by atoms with Crippen LogP contribution in [0, 0.1) is 0 Å². The summed E-state index contributed by atoms with van der Waals surface area (Å²) in [6.45, 7) is 10.9. The van der Waals surface area contributed by atoms with Crippen LogP contribution >= 0.6 is 0 Å². The van der Waals surface area contributed by atoms with Crippen molar-refractivity contribution < 1.29 is 4.74 Å². The third-order valence-corrected chi connectivity index (χ3v) is 5.27. The van der Waals surface area contributed by atoms with Crippen LogP contribution in [-0.4, -0.2) is 70.3 Å². The molecule has 0 bridgehead atoms. The van der Waals surface area contributed by atoms with Crippen molar-refractivity contribution >= 4 is 11.6 Å². The summed E-state index contributed by atoms with van der Waals surface area (Å²) in [6, 6.07) is 8.63. The van der Waals surface area contributed by atoms with Crippen molar-refractivity contribution in [1.82, 2.24) is 15.5 Å². The Morgan fingerprint density at radius 1 is 1.26 bits per heavy atom. The number of guanidine groups is 1. The van der Waals surface area contributed by atoms with Gasteiger partial charge in [0.2, 0.25) is 0 Å². The van der Waals surface area contributed by atoms with E-state index >= 15 is 0 Å². The summed E-state index contributed by atoms with van der Waals surface area (Å²) in [7, 11) is 3.58. The molecule has 6 nitrogen and oxygen atoms in total. The molecule has 1 aromatic carbocycles. The van der Waals surface area contributed by atoms with E-state index in [-0.39, 0.29) is 0 Å². The molecule has 0 radical (unpaired) electrons. The number of hydrogen-bond acceptors (Lipinski definition) is 4. The zero-order valence-electron chi connectivity index (χ0n) is 17.5. The first-order valence-electron chi connectivity index (χ1n) is 10.3. The van der Waals surface area contributed by atoms with Gasteiger partial charge in [0.05, 0.1) is 12.8 Å². The molecule has 0 aliphatic carbocycles. The molecular weight excluding hydrogens is 338 g/mol. The van der Waals surface area contributed by atoms with Crippen LogP contribution < -0.4 is 20.3 Å². The van der Waals surface area contributed by atoms with Gasteiger partial charge in [-0.1, -0.05) is 26.0 Å². The number of aliphatic imine (C=N–C) groups is 1. The number of para-hydroxylation sites is 2. The van der Waals surface area contributed by atoms with E-state index in [1.807, 2.05) is 19.2 Å². The highest BCUT2D eigenvalue weighted by molar-refractivity contribution is 5.80. The Morgan fingerprint density at radius 2 is 2.04 bits per heavy atom. The molecule has 0 saturated carbocycles. The van der Waals surface area contributed by atoms with Crippen LogP contribution in [0.2, 0.25) is 0 Å². The van der Waals surface area contributed by atoms with E-state index in [9.17, 15) is 0 Å². The smallest absolute Gasteiger partial charge is 0.191 e. The number of anilines is 1. The molecule has 1 aliphatic heterocycles. The van der Waals surface area contributed by atoms with Gasteiger partial charge in [-0.05, 0) is 51.0 Å². The molecule has 152 valence electrons. The van der Waals surface area contributed by atoms with E-state index in [4.69, 9.17) is 4.74 Å². The van der Waals surface area contributed by atoms with Crippen molar-refractivity contribution in [3.8, 4) is 5.75 Å². The Bertz CT molecular complexity index is 573. The largest absolute Gasteiger partial charge is 0.495 e. The van der Waals surface area contributed by atoms with Crippen LogP contribution in [0.3, 0.4) is 0 Å². The molecule has 1 unspecified atom stereocenters. The summed E-state index contributed by atoms with van der Waals surface area (Å²) in [5, 5.41) is 7.03. The van der Waals surface area contributed by atoms with E-state index < -0.39 is 0 Å². The number of hydrogen-bond donors (Lipinski definition) is 2. The van der Waals surface area contributed by atoms with Crippen molar-refractivity contribution in [2.75, 3.05) is 58.3 Å². The summed E-state index contributed by atoms with van der Waals surface area (Å²) in [5.74, 6) is 1.85. The Morgan fingerprint density at radius 3 is 2.74 bits per heavy atom. The zero-order chi connectivity index (χ0) is 19.5. The number of ether oxygens (including phenoxy) is 1. The fraction of sp³-hybridized carbons (Fsp3) is 0.667. The maximum atomic E-state index is 5.50. The minimum atomic E-state index is 0.400. The highest BCUT2D eigenvalue weighted by atomic mass is 16.5. The summed E-state index contributed by atoms with van der Waals surface area (Å²) in [4.78, 5) is 9.24. The second kappa shape index (κ2) is 11.7. The molecule has 1 atom stereocenters. The Labute approximate surface area is 165 Å². The van der Waals surface area contributed by atoms with Gasteiger partial charge in [-0.2, -0.15) is 0 Å². The molecule has 0 aromatic heterocycles. The predicted octanol–water partition coefficient (Wildman–Crippen LogP) is 2.56. The molecule has 27 heavy (non-hydrogen) atoms. The van der Waals surface area contributed by atoms with Crippen molar-refractivity contribution in [2.24, 2.45) is 4.99 Å². The molecule has 2 N–H and O–H groups in total. The minimum Gasteiger partial charge on any atom is -0.495 e. The van der Waals surface area contributed by atoms with Gasteiger partial charge in [0, 0.05) is 32.7 Å². The summed E-state index contributed by atoms with van der Waals surface area (Å²) >= 11 is 0. The SMILES string of the molecule is CCN(CC)CCCCNC(=NC)NC1CCN(c2ccccc2OC)C1. The number of nitrogens with one attached hydrogen (secondary N) is 2.